The highest BCUT2D eigenvalue weighted by molar-refractivity contribution is 5.48. The average Bonchev–Trinajstić information content (AvgIpc) is 2.41. The summed E-state index contributed by atoms with van der Waals surface area (Å²) in [6.45, 7) is 10.2. The summed E-state index contributed by atoms with van der Waals surface area (Å²) in [7, 11) is 0. The Bertz CT molecular complexity index is 638. The maximum atomic E-state index is 5.96. The number of aromatic nitrogens is 3. The van der Waals surface area contributed by atoms with Crippen LogP contribution in [0.3, 0.4) is 0 Å². The summed E-state index contributed by atoms with van der Waals surface area (Å²) in [5.74, 6) is 2.86. The zero-order chi connectivity index (χ0) is 15.6. The van der Waals surface area contributed by atoms with Gasteiger partial charge in [-0.15, -0.1) is 0 Å². The maximum Gasteiger partial charge on any atom is 0.187 e. The van der Waals surface area contributed by atoms with Gasteiger partial charge in [0.1, 0.15) is 11.6 Å². The van der Waals surface area contributed by atoms with E-state index in [-0.39, 0.29) is 0 Å². The molecule has 5 nitrogen and oxygen atoms in total. The number of nitrogen functional groups attached to an aromatic ring is 1. The molecule has 0 saturated carbocycles. The summed E-state index contributed by atoms with van der Waals surface area (Å²) in [4.78, 5) is 12.8. The lowest BCUT2D eigenvalue weighted by Crippen LogP contribution is -2.03. The fourth-order valence-corrected chi connectivity index (χ4v) is 1.97. The van der Waals surface area contributed by atoms with Gasteiger partial charge < -0.3 is 10.5 Å². The quantitative estimate of drug-likeness (QED) is 0.925. The van der Waals surface area contributed by atoms with Crippen LogP contribution in [0.15, 0.2) is 18.5 Å². The summed E-state index contributed by atoms with van der Waals surface area (Å²) in [5, 5.41) is 0. The van der Waals surface area contributed by atoms with Gasteiger partial charge in [0.05, 0.1) is 6.20 Å². The number of rotatable bonds is 4. The second-order valence-corrected chi connectivity index (χ2v) is 5.73. The van der Waals surface area contributed by atoms with E-state index in [1.54, 1.807) is 13.1 Å². The number of anilines is 1. The largest absolute Gasteiger partial charge is 0.451 e. The molecule has 2 heterocycles. The Labute approximate surface area is 125 Å². The van der Waals surface area contributed by atoms with Crippen LogP contribution in [0.2, 0.25) is 0 Å². The highest BCUT2D eigenvalue weighted by Gasteiger charge is 2.14. The van der Waals surface area contributed by atoms with Gasteiger partial charge in [-0.2, -0.15) is 0 Å². The van der Waals surface area contributed by atoms with E-state index in [1.807, 2.05) is 12.3 Å². The van der Waals surface area contributed by atoms with E-state index >= 15 is 0 Å². The van der Waals surface area contributed by atoms with Crippen LogP contribution in [0.5, 0.6) is 11.5 Å². The summed E-state index contributed by atoms with van der Waals surface area (Å²) >= 11 is 0. The molecule has 0 amide bonds. The Hall–Kier alpha value is -2.17. The first-order valence-electron chi connectivity index (χ1n) is 7.15. The molecule has 0 aromatic carbocycles. The minimum absolute atomic E-state index is 0.307. The van der Waals surface area contributed by atoms with Crippen molar-refractivity contribution in [3.63, 3.8) is 0 Å². The van der Waals surface area contributed by atoms with Crippen LogP contribution < -0.4 is 10.5 Å². The van der Waals surface area contributed by atoms with Gasteiger partial charge in [0.25, 0.3) is 0 Å². The first-order valence-corrected chi connectivity index (χ1v) is 7.15. The van der Waals surface area contributed by atoms with E-state index in [0.29, 0.717) is 29.2 Å². The molecule has 0 bridgehead atoms. The van der Waals surface area contributed by atoms with Crippen molar-refractivity contribution in [2.24, 2.45) is 0 Å². The predicted molar refractivity (Wildman–Crippen MR) is 83.7 cm³/mol. The molecule has 2 aromatic heterocycles. The van der Waals surface area contributed by atoms with Crippen LogP contribution in [-0.2, 0) is 0 Å². The Kier molecular flexibility index (Phi) is 4.40. The molecule has 112 valence electrons. The Morgan fingerprint density at radius 1 is 1.00 bits per heavy atom. The lowest BCUT2D eigenvalue weighted by Gasteiger charge is -2.16. The number of nitrogens with two attached hydrogens (primary N) is 1. The van der Waals surface area contributed by atoms with Crippen LogP contribution in [0.25, 0.3) is 0 Å². The van der Waals surface area contributed by atoms with Crippen molar-refractivity contribution < 1.29 is 4.74 Å². The standard InChI is InChI=1S/C16H22N4O/c1-9(2)12-7-19-13(10(3)4)6-14(12)21-15-8-18-11(5)20-16(15)17/h6-10H,1-5H3,(H2,17,18,20). The molecule has 0 saturated heterocycles. The van der Waals surface area contributed by atoms with E-state index in [2.05, 4.69) is 42.6 Å². The molecule has 0 aliphatic carbocycles. The van der Waals surface area contributed by atoms with Crippen molar-refractivity contribution in [2.75, 3.05) is 5.73 Å². The number of hydrogen-bond acceptors (Lipinski definition) is 5. The molecule has 0 atom stereocenters. The van der Waals surface area contributed by atoms with Crippen molar-refractivity contribution in [3.8, 4) is 11.5 Å². The van der Waals surface area contributed by atoms with Gasteiger partial charge in [-0.1, -0.05) is 27.7 Å². The van der Waals surface area contributed by atoms with Crippen LogP contribution in [0, 0.1) is 6.92 Å². The predicted octanol–water partition coefficient (Wildman–Crippen LogP) is 3.80. The first kappa shape index (κ1) is 15.2. The Morgan fingerprint density at radius 2 is 1.71 bits per heavy atom. The Balaban J connectivity index is 2.43. The van der Waals surface area contributed by atoms with E-state index in [1.165, 1.54) is 0 Å². The summed E-state index contributed by atoms with van der Waals surface area (Å²) in [6.07, 6.45) is 3.48. The van der Waals surface area contributed by atoms with Crippen molar-refractivity contribution in [1.29, 1.82) is 0 Å². The summed E-state index contributed by atoms with van der Waals surface area (Å²) in [5.41, 5.74) is 7.93. The van der Waals surface area contributed by atoms with Gasteiger partial charge in [-0.3, -0.25) is 4.98 Å². The van der Waals surface area contributed by atoms with Gasteiger partial charge in [-0.25, -0.2) is 9.97 Å². The molecule has 0 aliphatic heterocycles. The molecule has 2 aromatic rings. The molecule has 0 fully saturated rings. The molecule has 2 rings (SSSR count). The Morgan fingerprint density at radius 3 is 2.29 bits per heavy atom. The average molecular weight is 286 g/mol. The normalized spacial score (nSPS) is 11.2. The monoisotopic (exact) mass is 286 g/mol. The molecule has 0 spiro atoms. The van der Waals surface area contributed by atoms with Crippen molar-refractivity contribution >= 4 is 5.82 Å². The summed E-state index contributed by atoms with van der Waals surface area (Å²) in [6, 6.07) is 1.97. The van der Waals surface area contributed by atoms with Crippen LogP contribution in [-0.4, -0.2) is 15.0 Å². The topological polar surface area (TPSA) is 73.9 Å². The molecule has 0 unspecified atom stereocenters. The number of pyridine rings is 1. The third kappa shape index (κ3) is 3.48. The molecule has 0 radical (unpaired) electrons. The van der Waals surface area contributed by atoms with Crippen molar-refractivity contribution in [3.05, 3.63) is 35.5 Å². The first-order chi connectivity index (χ1) is 9.88. The fraction of sp³-hybridized carbons (Fsp3) is 0.438. The van der Waals surface area contributed by atoms with Gasteiger partial charge in [0.15, 0.2) is 11.6 Å². The molecular formula is C16H22N4O. The number of aryl methyl sites for hydroxylation is 1. The minimum atomic E-state index is 0.307. The van der Waals surface area contributed by atoms with Gasteiger partial charge >= 0.3 is 0 Å². The van der Waals surface area contributed by atoms with Crippen molar-refractivity contribution in [1.82, 2.24) is 15.0 Å². The molecule has 2 N–H and O–H groups in total. The number of nitrogens with zero attached hydrogens (tertiary/aromatic N) is 3. The molecule has 0 aliphatic rings. The zero-order valence-corrected chi connectivity index (χ0v) is 13.2. The van der Waals surface area contributed by atoms with E-state index < -0.39 is 0 Å². The van der Waals surface area contributed by atoms with E-state index in [9.17, 15) is 0 Å². The highest BCUT2D eigenvalue weighted by Crippen LogP contribution is 2.33. The molecule has 21 heavy (non-hydrogen) atoms. The lowest BCUT2D eigenvalue weighted by atomic mass is 10.0. The van der Waals surface area contributed by atoms with E-state index in [0.717, 1.165) is 17.0 Å². The van der Waals surface area contributed by atoms with Gasteiger partial charge in [0.2, 0.25) is 0 Å². The van der Waals surface area contributed by atoms with Gasteiger partial charge in [-0.05, 0) is 18.8 Å². The maximum absolute atomic E-state index is 5.96. The summed E-state index contributed by atoms with van der Waals surface area (Å²) < 4.78 is 5.96. The number of hydrogen-bond donors (Lipinski definition) is 1. The SMILES string of the molecule is Cc1ncc(Oc2cc(C(C)C)ncc2C(C)C)c(N)n1. The van der Waals surface area contributed by atoms with E-state index in [4.69, 9.17) is 10.5 Å². The lowest BCUT2D eigenvalue weighted by molar-refractivity contribution is 0.467. The van der Waals surface area contributed by atoms with Crippen LogP contribution in [0.4, 0.5) is 5.82 Å². The third-order valence-corrected chi connectivity index (χ3v) is 3.25. The van der Waals surface area contributed by atoms with Crippen molar-refractivity contribution in [2.45, 2.75) is 46.5 Å². The zero-order valence-electron chi connectivity index (χ0n) is 13.2. The van der Waals surface area contributed by atoms with Crippen LogP contribution >= 0.6 is 0 Å². The van der Waals surface area contributed by atoms with Crippen LogP contribution in [0.1, 0.15) is 56.6 Å². The third-order valence-electron chi connectivity index (χ3n) is 3.25. The molecular weight excluding hydrogens is 264 g/mol. The second-order valence-electron chi connectivity index (χ2n) is 5.73. The fourth-order valence-electron chi connectivity index (χ4n) is 1.97. The second kappa shape index (κ2) is 6.08. The minimum Gasteiger partial charge on any atom is -0.451 e. The smallest absolute Gasteiger partial charge is 0.187 e. The number of ether oxygens (including phenoxy) is 1. The molecule has 5 heteroatoms. The highest BCUT2D eigenvalue weighted by atomic mass is 16.5. The van der Waals surface area contributed by atoms with Gasteiger partial charge in [0, 0.05) is 23.5 Å².